The molecule has 0 aliphatic rings. The highest BCUT2D eigenvalue weighted by Gasteiger charge is 1.94. The Bertz CT molecular complexity index is 250. The van der Waals surface area contributed by atoms with Gasteiger partial charge < -0.3 is 5.11 Å². The van der Waals surface area contributed by atoms with Crippen LogP contribution in [0.5, 0.6) is 0 Å². The average molecular weight is 146 g/mol. The summed E-state index contributed by atoms with van der Waals surface area (Å²) < 4.78 is 0. The fraction of sp³-hybridized carbons (Fsp3) is 0.222. The largest absolute Gasteiger partial charge is 0.848 e. The third-order valence-corrected chi connectivity index (χ3v) is 1.45. The molecule has 1 unspecified atom stereocenters. The first-order valence-electron chi connectivity index (χ1n) is 3.42. The molecule has 0 saturated carbocycles. The van der Waals surface area contributed by atoms with Gasteiger partial charge in [-0.25, -0.2) is 0 Å². The first-order valence-corrected chi connectivity index (χ1v) is 3.42. The van der Waals surface area contributed by atoms with E-state index in [-0.39, 0.29) is 6.42 Å². The number of hydrogen-bond acceptors (Lipinski definition) is 2. The molecule has 0 saturated heterocycles. The Morgan fingerprint density at radius 2 is 2.00 bits per heavy atom. The Hall–Kier alpha value is -1.33. The van der Waals surface area contributed by atoms with E-state index in [1.54, 1.807) is 24.3 Å². The van der Waals surface area contributed by atoms with Gasteiger partial charge in [0.1, 0.15) is 0 Å². The fourth-order valence-electron chi connectivity index (χ4n) is 0.868. The van der Waals surface area contributed by atoms with Gasteiger partial charge in [-0.15, -0.1) is 0 Å². The minimum atomic E-state index is -0.888. The van der Waals surface area contributed by atoms with Gasteiger partial charge in [0.25, 0.3) is 0 Å². The molecule has 0 spiro atoms. The van der Waals surface area contributed by atoms with Gasteiger partial charge in [0.2, 0.25) is 0 Å². The van der Waals surface area contributed by atoms with Gasteiger partial charge in [-0.05, 0) is 0 Å². The summed E-state index contributed by atoms with van der Waals surface area (Å²) >= 11 is 0. The van der Waals surface area contributed by atoms with Crippen molar-refractivity contribution in [2.45, 2.75) is 12.5 Å². The van der Waals surface area contributed by atoms with Crippen LogP contribution in [0.3, 0.4) is 0 Å². The van der Waals surface area contributed by atoms with Crippen molar-refractivity contribution in [2.24, 2.45) is 0 Å². The maximum atomic E-state index is 11.1. The number of hydrogen-bond donors (Lipinski definition) is 0. The molecule has 56 valence electrons. The smallest absolute Gasteiger partial charge is 0.0613 e. The molecule has 11 heavy (non-hydrogen) atoms. The number of nitrogens with zero attached hydrogens (tertiary/aromatic N) is 1. The van der Waals surface area contributed by atoms with E-state index in [0.29, 0.717) is 5.56 Å². The number of nitriles is 1. The van der Waals surface area contributed by atoms with Gasteiger partial charge in [0.15, 0.2) is 0 Å². The van der Waals surface area contributed by atoms with E-state index >= 15 is 0 Å². The van der Waals surface area contributed by atoms with Crippen LogP contribution >= 0.6 is 0 Å². The van der Waals surface area contributed by atoms with Crippen molar-refractivity contribution in [3.8, 4) is 6.07 Å². The van der Waals surface area contributed by atoms with Crippen molar-refractivity contribution in [3.05, 3.63) is 35.9 Å². The summed E-state index contributed by atoms with van der Waals surface area (Å²) in [6, 6.07) is 10.8. The lowest BCUT2D eigenvalue weighted by Crippen LogP contribution is -2.13. The maximum absolute atomic E-state index is 11.1. The molecule has 0 fully saturated rings. The second kappa shape index (κ2) is 3.75. The molecule has 0 aromatic heterocycles. The van der Waals surface area contributed by atoms with Gasteiger partial charge >= 0.3 is 0 Å². The van der Waals surface area contributed by atoms with Crippen LogP contribution in [0.4, 0.5) is 0 Å². The van der Waals surface area contributed by atoms with E-state index in [9.17, 15) is 5.11 Å². The summed E-state index contributed by atoms with van der Waals surface area (Å²) in [6.07, 6.45) is -0.842. The minimum absolute atomic E-state index is 0.0456. The molecule has 0 aliphatic heterocycles. The van der Waals surface area contributed by atoms with E-state index < -0.39 is 6.10 Å². The van der Waals surface area contributed by atoms with Crippen LogP contribution in [0.1, 0.15) is 18.1 Å². The average Bonchev–Trinajstić information content (AvgIpc) is 2.07. The highest BCUT2D eigenvalue weighted by Crippen LogP contribution is 2.11. The molecule has 2 nitrogen and oxygen atoms in total. The van der Waals surface area contributed by atoms with Gasteiger partial charge in [-0.3, -0.25) is 0 Å². The van der Waals surface area contributed by atoms with Crippen LogP contribution in [0.15, 0.2) is 30.3 Å². The van der Waals surface area contributed by atoms with Crippen molar-refractivity contribution in [1.29, 1.82) is 5.26 Å². The topological polar surface area (TPSA) is 46.8 Å². The summed E-state index contributed by atoms with van der Waals surface area (Å²) in [4.78, 5) is 0. The lowest BCUT2D eigenvalue weighted by atomic mass is 10.1. The first-order chi connectivity index (χ1) is 5.34. The van der Waals surface area contributed by atoms with E-state index in [0.717, 1.165) is 0 Å². The number of rotatable bonds is 2. The van der Waals surface area contributed by atoms with Crippen molar-refractivity contribution >= 4 is 0 Å². The fourth-order valence-corrected chi connectivity index (χ4v) is 0.868. The molecule has 0 bridgehead atoms. The SMILES string of the molecule is N#CCC([O-])c1ccccc1. The Morgan fingerprint density at radius 3 is 2.55 bits per heavy atom. The van der Waals surface area contributed by atoms with Crippen LogP contribution in [0.25, 0.3) is 0 Å². The van der Waals surface area contributed by atoms with Crippen LogP contribution < -0.4 is 5.11 Å². The highest BCUT2D eigenvalue weighted by molar-refractivity contribution is 5.17. The Morgan fingerprint density at radius 1 is 1.36 bits per heavy atom. The Labute approximate surface area is 65.7 Å². The van der Waals surface area contributed by atoms with Gasteiger partial charge in [0.05, 0.1) is 6.07 Å². The quantitative estimate of drug-likeness (QED) is 0.624. The van der Waals surface area contributed by atoms with Crippen LogP contribution in [-0.4, -0.2) is 0 Å². The molecule has 1 aromatic carbocycles. The lowest BCUT2D eigenvalue weighted by molar-refractivity contribution is -0.424. The van der Waals surface area contributed by atoms with Crippen molar-refractivity contribution in [2.75, 3.05) is 0 Å². The summed E-state index contributed by atoms with van der Waals surface area (Å²) in [5.74, 6) is 0. The molecule has 1 aromatic rings. The van der Waals surface area contributed by atoms with Gasteiger partial charge in [-0.2, -0.15) is 5.26 Å². The van der Waals surface area contributed by atoms with Crippen molar-refractivity contribution < 1.29 is 5.11 Å². The van der Waals surface area contributed by atoms with E-state index in [1.807, 2.05) is 12.1 Å². The zero-order valence-electron chi connectivity index (χ0n) is 6.03. The van der Waals surface area contributed by atoms with Crippen molar-refractivity contribution in [1.82, 2.24) is 0 Å². The summed E-state index contributed by atoms with van der Waals surface area (Å²) in [7, 11) is 0. The normalized spacial score (nSPS) is 12.0. The van der Waals surface area contributed by atoms with E-state index in [2.05, 4.69) is 0 Å². The lowest BCUT2D eigenvalue weighted by Gasteiger charge is -2.18. The standard InChI is InChI=1S/C9H8NO/c10-7-6-9(11)8-4-2-1-3-5-8/h1-5,9H,6H2/q-1. The van der Waals surface area contributed by atoms with Gasteiger partial charge in [0, 0.05) is 6.42 Å². The van der Waals surface area contributed by atoms with Crippen LogP contribution in [0, 0.1) is 11.3 Å². The third-order valence-electron chi connectivity index (χ3n) is 1.45. The molecular weight excluding hydrogens is 138 g/mol. The molecule has 1 atom stereocenters. The summed E-state index contributed by atoms with van der Waals surface area (Å²) in [5, 5.41) is 19.4. The molecule has 1 rings (SSSR count). The molecule has 0 aliphatic carbocycles. The van der Waals surface area contributed by atoms with E-state index in [4.69, 9.17) is 5.26 Å². The third kappa shape index (κ3) is 2.06. The minimum Gasteiger partial charge on any atom is -0.848 e. The van der Waals surface area contributed by atoms with E-state index in [1.165, 1.54) is 0 Å². The molecule has 0 amide bonds. The molecule has 0 N–H and O–H groups in total. The van der Waals surface area contributed by atoms with Crippen LogP contribution in [-0.2, 0) is 0 Å². The van der Waals surface area contributed by atoms with Crippen LogP contribution in [0.2, 0.25) is 0 Å². The molecule has 0 heterocycles. The highest BCUT2D eigenvalue weighted by atomic mass is 16.3. The Balaban J connectivity index is 2.70. The summed E-state index contributed by atoms with van der Waals surface area (Å²) in [6.45, 7) is 0. The summed E-state index contributed by atoms with van der Waals surface area (Å²) in [5.41, 5.74) is 0.689. The second-order valence-corrected chi connectivity index (χ2v) is 2.26. The first kappa shape index (κ1) is 7.77. The maximum Gasteiger partial charge on any atom is 0.0613 e. The Kier molecular flexibility index (Phi) is 2.65. The second-order valence-electron chi connectivity index (χ2n) is 2.26. The zero-order valence-corrected chi connectivity index (χ0v) is 6.03. The molecular formula is C9H8NO-. The molecule has 0 radical (unpaired) electrons. The predicted molar refractivity (Wildman–Crippen MR) is 39.4 cm³/mol. The number of benzene rings is 1. The van der Waals surface area contributed by atoms with Crippen molar-refractivity contribution in [3.63, 3.8) is 0 Å². The van der Waals surface area contributed by atoms with Gasteiger partial charge in [-0.1, -0.05) is 42.0 Å². The predicted octanol–water partition coefficient (Wildman–Crippen LogP) is 1.00. The zero-order chi connectivity index (χ0) is 8.10. The molecule has 2 heteroatoms. The monoisotopic (exact) mass is 146 g/mol.